The number of carbonyl (C=O) groups excluding carboxylic acids is 2. The van der Waals surface area contributed by atoms with Crippen LogP contribution in [0.5, 0.6) is 0 Å². The third kappa shape index (κ3) is 5.48. The van der Waals surface area contributed by atoms with Crippen LogP contribution in [-0.2, 0) is 9.53 Å². The molecule has 0 aliphatic carbocycles. The van der Waals surface area contributed by atoms with E-state index >= 15 is 0 Å². The lowest BCUT2D eigenvalue weighted by molar-refractivity contribution is -0.152. The van der Waals surface area contributed by atoms with E-state index in [0.29, 0.717) is 23.3 Å². The van der Waals surface area contributed by atoms with Gasteiger partial charge in [0.2, 0.25) is 0 Å². The quantitative estimate of drug-likeness (QED) is 0.541. The summed E-state index contributed by atoms with van der Waals surface area (Å²) in [6.45, 7) is 4.31. The van der Waals surface area contributed by atoms with Crippen LogP contribution >= 0.6 is 0 Å². The minimum absolute atomic E-state index is 0.172. The molecular formula is C23H20F3N3O3. The number of esters is 1. The molecule has 0 fully saturated rings. The number of hydrogen-bond acceptors (Lipinski definition) is 5. The van der Waals surface area contributed by atoms with Gasteiger partial charge in [-0.2, -0.15) is 0 Å². The topological polar surface area (TPSA) is 72.4 Å². The second kappa shape index (κ2) is 9.17. The van der Waals surface area contributed by atoms with E-state index in [0.717, 1.165) is 4.90 Å². The molecule has 0 radical (unpaired) electrons. The van der Waals surface area contributed by atoms with Crippen molar-refractivity contribution < 1.29 is 27.5 Å². The van der Waals surface area contributed by atoms with Crippen molar-refractivity contribution in [3.05, 3.63) is 78.1 Å². The molecular weight excluding hydrogens is 423 g/mol. The third-order valence-corrected chi connectivity index (χ3v) is 4.22. The first-order valence-corrected chi connectivity index (χ1v) is 9.59. The van der Waals surface area contributed by atoms with E-state index in [1.54, 1.807) is 51.4 Å². The van der Waals surface area contributed by atoms with E-state index in [4.69, 9.17) is 4.74 Å². The highest BCUT2D eigenvalue weighted by atomic mass is 19.1. The van der Waals surface area contributed by atoms with Gasteiger partial charge >= 0.3 is 5.97 Å². The zero-order valence-corrected chi connectivity index (χ0v) is 17.6. The maximum atomic E-state index is 14.3. The van der Waals surface area contributed by atoms with Gasteiger partial charge in [0.25, 0.3) is 5.91 Å². The van der Waals surface area contributed by atoms with Crippen LogP contribution in [0.4, 0.5) is 18.9 Å². The van der Waals surface area contributed by atoms with Gasteiger partial charge in [0.1, 0.15) is 41.5 Å². The molecule has 32 heavy (non-hydrogen) atoms. The van der Waals surface area contributed by atoms with E-state index in [9.17, 15) is 22.8 Å². The fourth-order valence-corrected chi connectivity index (χ4v) is 2.97. The largest absolute Gasteiger partial charge is 0.459 e. The second-order valence-corrected chi connectivity index (χ2v) is 7.90. The zero-order valence-electron chi connectivity index (χ0n) is 17.6. The molecule has 6 nitrogen and oxygen atoms in total. The lowest BCUT2D eigenvalue weighted by Crippen LogP contribution is -2.39. The summed E-state index contributed by atoms with van der Waals surface area (Å²) in [6.07, 6.45) is 4.45. The van der Waals surface area contributed by atoms with Crippen molar-refractivity contribution in [2.75, 3.05) is 11.4 Å². The summed E-state index contributed by atoms with van der Waals surface area (Å²) in [5.41, 5.74) is -0.432. The van der Waals surface area contributed by atoms with Crippen LogP contribution in [-0.4, -0.2) is 34.0 Å². The van der Waals surface area contributed by atoms with Crippen molar-refractivity contribution >= 4 is 17.6 Å². The standard InChI is InChI=1S/C23H20F3N3O3/c1-23(2,3)32-20(30)12-29(22(31)21-18(25)8-16(24)9-19(21)26)17-6-4-5-14(7-17)15-10-27-13-28-11-15/h4-11,13H,12H2,1-3H3. The lowest BCUT2D eigenvalue weighted by atomic mass is 10.1. The Morgan fingerprint density at radius 1 is 0.969 bits per heavy atom. The smallest absolute Gasteiger partial charge is 0.326 e. The van der Waals surface area contributed by atoms with E-state index < -0.39 is 47.0 Å². The number of nitrogens with zero attached hydrogens (tertiary/aromatic N) is 3. The lowest BCUT2D eigenvalue weighted by Gasteiger charge is -2.26. The van der Waals surface area contributed by atoms with Gasteiger partial charge in [-0.05, 0) is 38.5 Å². The van der Waals surface area contributed by atoms with E-state index in [1.807, 2.05) is 0 Å². The van der Waals surface area contributed by atoms with Crippen LogP contribution < -0.4 is 4.90 Å². The molecule has 0 unspecified atom stereocenters. The molecule has 0 aliphatic rings. The molecule has 1 heterocycles. The molecule has 0 N–H and O–H groups in total. The van der Waals surface area contributed by atoms with Crippen LogP contribution in [0.2, 0.25) is 0 Å². The minimum atomic E-state index is -1.38. The molecule has 0 aliphatic heterocycles. The average molecular weight is 443 g/mol. The van der Waals surface area contributed by atoms with E-state index in [-0.39, 0.29) is 5.69 Å². The number of aromatic nitrogens is 2. The minimum Gasteiger partial charge on any atom is -0.459 e. The van der Waals surface area contributed by atoms with Crippen LogP contribution in [0.1, 0.15) is 31.1 Å². The van der Waals surface area contributed by atoms with Crippen LogP contribution in [0.15, 0.2) is 55.1 Å². The first-order valence-electron chi connectivity index (χ1n) is 9.59. The molecule has 0 spiro atoms. The summed E-state index contributed by atoms with van der Waals surface area (Å²) in [4.78, 5) is 34.4. The number of amides is 1. The Kier molecular flexibility index (Phi) is 6.57. The highest BCUT2D eigenvalue weighted by Gasteiger charge is 2.29. The zero-order chi connectivity index (χ0) is 23.5. The Morgan fingerprint density at radius 3 is 2.19 bits per heavy atom. The molecule has 3 aromatic rings. The summed E-state index contributed by atoms with van der Waals surface area (Å²) < 4.78 is 47.3. The normalized spacial score (nSPS) is 11.2. The van der Waals surface area contributed by atoms with Gasteiger partial charge in [0, 0.05) is 35.8 Å². The molecule has 0 saturated carbocycles. The summed E-state index contributed by atoms with van der Waals surface area (Å²) in [7, 11) is 0. The molecule has 3 rings (SSSR count). The Hall–Kier alpha value is -3.75. The first-order chi connectivity index (χ1) is 15.0. The summed E-state index contributed by atoms with van der Waals surface area (Å²) in [5.74, 6) is -5.88. The van der Waals surface area contributed by atoms with Gasteiger partial charge in [0.05, 0.1) is 0 Å². The van der Waals surface area contributed by atoms with Crippen molar-refractivity contribution in [3.8, 4) is 11.1 Å². The van der Waals surface area contributed by atoms with Gasteiger partial charge in [-0.25, -0.2) is 23.1 Å². The maximum Gasteiger partial charge on any atom is 0.326 e. The Bertz CT molecular complexity index is 1120. The Labute approximate surface area is 182 Å². The summed E-state index contributed by atoms with van der Waals surface area (Å²) >= 11 is 0. The maximum absolute atomic E-state index is 14.3. The number of hydrogen-bond donors (Lipinski definition) is 0. The van der Waals surface area contributed by atoms with Crippen LogP contribution in [0.25, 0.3) is 11.1 Å². The SMILES string of the molecule is CC(C)(C)OC(=O)CN(C(=O)c1c(F)cc(F)cc1F)c1cccc(-c2cncnc2)c1. The predicted molar refractivity (Wildman–Crippen MR) is 111 cm³/mol. The molecule has 0 atom stereocenters. The van der Waals surface area contributed by atoms with Crippen LogP contribution in [0, 0.1) is 17.5 Å². The summed E-state index contributed by atoms with van der Waals surface area (Å²) in [6, 6.07) is 7.16. The fourth-order valence-electron chi connectivity index (χ4n) is 2.97. The molecule has 0 bridgehead atoms. The third-order valence-electron chi connectivity index (χ3n) is 4.22. The number of carbonyl (C=O) groups is 2. The molecule has 1 aromatic heterocycles. The fraction of sp³-hybridized carbons (Fsp3) is 0.217. The molecule has 1 amide bonds. The molecule has 9 heteroatoms. The summed E-state index contributed by atoms with van der Waals surface area (Å²) in [5, 5.41) is 0. The monoisotopic (exact) mass is 443 g/mol. The molecule has 166 valence electrons. The van der Waals surface area contributed by atoms with Gasteiger partial charge in [-0.1, -0.05) is 12.1 Å². The van der Waals surface area contributed by atoms with Crippen molar-refractivity contribution in [1.29, 1.82) is 0 Å². The van der Waals surface area contributed by atoms with Crippen molar-refractivity contribution in [2.24, 2.45) is 0 Å². The van der Waals surface area contributed by atoms with Gasteiger partial charge < -0.3 is 4.74 Å². The number of rotatable bonds is 5. The number of anilines is 1. The predicted octanol–water partition coefficient (Wildman–Crippen LogP) is 4.55. The molecule has 2 aromatic carbocycles. The van der Waals surface area contributed by atoms with Gasteiger partial charge in [-0.15, -0.1) is 0 Å². The van der Waals surface area contributed by atoms with Crippen molar-refractivity contribution in [3.63, 3.8) is 0 Å². The van der Waals surface area contributed by atoms with Gasteiger partial charge in [0.15, 0.2) is 0 Å². The van der Waals surface area contributed by atoms with Crippen molar-refractivity contribution in [2.45, 2.75) is 26.4 Å². The highest BCUT2D eigenvalue weighted by Crippen LogP contribution is 2.27. The molecule has 0 saturated heterocycles. The van der Waals surface area contributed by atoms with Crippen LogP contribution in [0.3, 0.4) is 0 Å². The van der Waals surface area contributed by atoms with E-state index in [1.165, 1.54) is 12.4 Å². The second-order valence-electron chi connectivity index (χ2n) is 7.90. The highest BCUT2D eigenvalue weighted by molar-refractivity contribution is 6.09. The number of benzene rings is 2. The number of ether oxygens (including phenoxy) is 1. The average Bonchev–Trinajstić information content (AvgIpc) is 2.70. The Morgan fingerprint density at radius 2 is 1.59 bits per heavy atom. The number of halogens is 3. The van der Waals surface area contributed by atoms with Crippen molar-refractivity contribution in [1.82, 2.24) is 9.97 Å². The van der Waals surface area contributed by atoms with Gasteiger partial charge in [-0.3, -0.25) is 14.5 Å². The first kappa shape index (κ1) is 22.9. The van der Waals surface area contributed by atoms with E-state index in [2.05, 4.69) is 9.97 Å². The Balaban J connectivity index is 2.06.